The Bertz CT molecular complexity index is 1270. The largest absolute Gasteiger partial charge is 0.416 e. The molecule has 0 bridgehead atoms. The Hall–Kier alpha value is -3.13. The smallest absolute Gasteiger partial charge is 0.302 e. The maximum atomic E-state index is 12.9. The number of likely N-dealkylation sites (tertiary alicyclic amines) is 1. The zero-order valence-electron chi connectivity index (χ0n) is 17.9. The molecule has 0 amide bonds. The van der Waals surface area contributed by atoms with Gasteiger partial charge in [0.15, 0.2) is 0 Å². The van der Waals surface area contributed by atoms with Gasteiger partial charge in [0.1, 0.15) is 0 Å². The summed E-state index contributed by atoms with van der Waals surface area (Å²) in [5.74, 6) is 0.467. The van der Waals surface area contributed by atoms with E-state index in [1.165, 1.54) is 16.7 Å². The molecule has 1 unspecified atom stereocenters. The molecule has 1 aliphatic carbocycles. The minimum Gasteiger partial charge on any atom is -0.302 e. The minimum atomic E-state index is -4.32. The van der Waals surface area contributed by atoms with Gasteiger partial charge in [-0.05, 0) is 48.6 Å². The normalized spacial score (nSPS) is 22.3. The Balaban J connectivity index is 1.22. The summed E-state index contributed by atoms with van der Waals surface area (Å²) >= 11 is 0. The van der Waals surface area contributed by atoms with Crippen LogP contribution < -0.4 is 11.2 Å². The lowest BCUT2D eigenvalue weighted by molar-refractivity contribution is -0.137. The van der Waals surface area contributed by atoms with Gasteiger partial charge in [0.2, 0.25) is 0 Å². The molecule has 33 heavy (non-hydrogen) atoms. The first-order chi connectivity index (χ1) is 15.8. The van der Waals surface area contributed by atoms with Crippen molar-refractivity contribution in [2.24, 2.45) is 5.92 Å². The summed E-state index contributed by atoms with van der Waals surface area (Å²) in [7, 11) is 0. The number of aryl methyl sites for hydroxylation is 1. The lowest BCUT2D eigenvalue weighted by atomic mass is 9.94. The molecule has 1 aliphatic heterocycles. The summed E-state index contributed by atoms with van der Waals surface area (Å²) in [6, 6.07) is 14.8. The molecule has 0 radical (unpaired) electrons. The van der Waals surface area contributed by atoms with Gasteiger partial charge in [0, 0.05) is 31.2 Å². The van der Waals surface area contributed by atoms with Crippen LogP contribution in [-0.2, 0) is 18.1 Å². The van der Waals surface area contributed by atoms with Gasteiger partial charge in [0.25, 0.3) is 5.56 Å². The van der Waals surface area contributed by atoms with Crippen LogP contribution in [0.4, 0.5) is 13.2 Å². The van der Waals surface area contributed by atoms with Gasteiger partial charge in [0.05, 0.1) is 11.1 Å². The number of nitrogens with one attached hydrogen (secondary N) is 1. The molecule has 1 aromatic heterocycles. The number of piperidine rings is 1. The molecule has 1 N–H and O–H groups in total. The predicted octanol–water partition coefficient (Wildman–Crippen LogP) is 3.89. The van der Waals surface area contributed by atoms with Gasteiger partial charge in [-0.3, -0.25) is 14.3 Å². The van der Waals surface area contributed by atoms with Gasteiger partial charge < -0.3 is 4.90 Å². The van der Waals surface area contributed by atoms with Crippen LogP contribution in [0.3, 0.4) is 0 Å². The summed E-state index contributed by atoms with van der Waals surface area (Å²) in [5.41, 5.74) is 0.706. The third-order valence-corrected chi connectivity index (χ3v) is 6.97. The Morgan fingerprint density at radius 2 is 1.73 bits per heavy atom. The number of H-pyrrole nitrogens is 1. The highest BCUT2D eigenvalue weighted by Gasteiger charge is 2.60. The topological polar surface area (TPSA) is 58.1 Å². The van der Waals surface area contributed by atoms with E-state index >= 15 is 0 Å². The highest BCUT2D eigenvalue weighted by atomic mass is 19.4. The Kier molecular flexibility index (Phi) is 5.28. The van der Waals surface area contributed by atoms with Gasteiger partial charge >= 0.3 is 11.9 Å². The van der Waals surface area contributed by atoms with Crippen LogP contribution in [0.5, 0.6) is 0 Å². The Morgan fingerprint density at radius 3 is 2.42 bits per heavy atom. The SMILES string of the molecule is O=c1[nH]c(=O)n(CCCN2CC3C[C@]3(c3ccc(C(F)(F)F)cc3)C2)cc1-c1ccccc1. The average molecular weight is 455 g/mol. The molecular formula is C25H24F3N3O2. The molecular weight excluding hydrogens is 431 g/mol. The van der Waals surface area contributed by atoms with Gasteiger partial charge in [-0.1, -0.05) is 42.5 Å². The minimum absolute atomic E-state index is 0.0422. The van der Waals surface area contributed by atoms with E-state index in [2.05, 4.69) is 9.88 Å². The van der Waals surface area contributed by atoms with E-state index in [-0.39, 0.29) is 5.41 Å². The molecule has 5 nitrogen and oxygen atoms in total. The van der Waals surface area contributed by atoms with Crippen LogP contribution in [0.15, 0.2) is 70.4 Å². The first-order valence-corrected chi connectivity index (χ1v) is 11.1. The van der Waals surface area contributed by atoms with Crippen molar-refractivity contribution < 1.29 is 13.2 Å². The quantitative estimate of drug-likeness (QED) is 0.614. The zero-order chi connectivity index (χ0) is 23.2. The molecule has 2 fully saturated rings. The Labute approximate surface area is 188 Å². The summed E-state index contributed by atoms with van der Waals surface area (Å²) in [5, 5.41) is 0. The van der Waals surface area contributed by atoms with Crippen LogP contribution >= 0.6 is 0 Å². The van der Waals surface area contributed by atoms with E-state index in [1.54, 1.807) is 18.3 Å². The van der Waals surface area contributed by atoms with Gasteiger partial charge in [-0.2, -0.15) is 13.2 Å². The number of nitrogens with zero attached hydrogens (tertiary/aromatic N) is 2. The summed E-state index contributed by atoms with van der Waals surface area (Å²) < 4.78 is 40.1. The molecule has 1 saturated heterocycles. The second-order valence-corrected chi connectivity index (χ2v) is 9.08. The molecule has 2 aromatic carbocycles. The van der Waals surface area contributed by atoms with Gasteiger partial charge in [-0.25, -0.2) is 4.79 Å². The number of hydrogen-bond acceptors (Lipinski definition) is 3. The number of fused-ring (bicyclic) bond motifs is 1. The number of benzene rings is 2. The number of hydrogen-bond donors (Lipinski definition) is 1. The molecule has 5 rings (SSSR count). The fraction of sp³-hybridized carbons (Fsp3) is 0.360. The van der Waals surface area contributed by atoms with Crippen molar-refractivity contribution in [3.8, 4) is 11.1 Å². The van der Waals surface area contributed by atoms with E-state index < -0.39 is 23.0 Å². The summed E-state index contributed by atoms with van der Waals surface area (Å²) in [6.07, 6.45) is -0.965. The molecule has 172 valence electrons. The predicted molar refractivity (Wildman–Crippen MR) is 119 cm³/mol. The van der Waals surface area contributed by atoms with E-state index in [9.17, 15) is 22.8 Å². The third-order valence-electron chi connectivity index (χ3n) is 6.97. The van der Waals surface area contributed by atoms with Crippen LogP contribution in [0.25, 0.3) is 11.1 Å². The maximum absolute atomic E-state index is 12.9. The van der Waals surface area contributed by atoms with Crippen molar-refractivity contribution >= 4 is 0 Å². The van der Waals surface area contributed by atoms with E-state index in [1.807, 2.05) is 30.3 Å². The van der Waals surface area contributed by atoms with Crippen molar-refractivity contribution in [2.75, 3.05) is 19.6 Å². The van der Waals surface area contributed by atoms with Crippen LogP contribution in [-0.4, -0.2) is 34.1 Å². The molecule has 3 aromatic rings. The Morgan fingerprint density at radius 1 is 1.00 bits per heavy atom. The second kappa shape index (κ2) is 8.02. The fourth-order valence-corrected chi connectivity index (χ4v) is 5.16. The van der Waals surface area contributed by atoms with Crippen LogP contribution in [0.1, 0.15) is 24.0 Å². The van der Waals surface area contributed by atoms with Crippen molar-refractivity contribution in [2.45, 2.75) is 31.0 Å². The lowest BCUT2D eigenvalue weighted by Gasteiger charge is -2.21. The summed E-state index contributed by atoms with van der Waals surface area (Å²) in [6.45, 7) is 2.99. The monoisotopic (exact) mass is 455 g/mol. The molecule has 2 aliphatic rings. The maximum Gasteiger partial charge on any atom is 0.416 e. The molecule has 0 spiro atoms. The lowest BCUT2D eigenvalue weighted by Crippen LogP contribution is -2.32. The highest BCUT2D eigenvalue weighted by Crippen LogP contribution is 2.59. The van der Waals surface area contributed by atoms with Crippen molar-refractivity contribution in [3.05, 3.63) is 92.8 Å². The van der Waals surface area contributed by atoms with E-state index in [0.29, 0.717) is 18.0 Å². The number of halogens is 3. The third kappa shape index (κ3) is 4.15. The van der Waals surface area contributed by atoms with Gasteiger partial charge in [-0.15, -0.1) is 0 Å². The molecule has 8 heteroatoms. The van der Waals surface area contributed by atoms with Crippen molar-refractivity contribution in [1.29, 1.82) is 0 Å². The summed E-state index contributed by atoms with van der Waals surface area (Å²) in [4.78, 5) is 29.2. The molecule has 2 atom stereocenters. The second-order valence-electron chi connectivity index (χ2n) is 9.08. The number of aromatic nitrogens is 2. The van der Waals surface area contributed by atoms with Crippen LogP contribution in [0, 0.1) is 5.92 Å². The highest BCUT2D eigenvalue weighted by molar-refractivity contribution is 5.60. The first-order valence-electron chi connectivity index (χ1n) is 11.1. The van der Waals surface area contributed by atoms with Crippen molar-refractivity contribution in [3.63, 3.8) is 0 Å². The van der Waals surface area contributed by atoms with E-state index in [0.717, 1.165) is 43.6 Å². The number of alkyl halides is 3. The van der Waals surface area contributed by atoms with E-state index in [4.69, 9.17) is 0 Å². The standard InChI is InChI=1S/C25H24F3N3O2/c26-25(27,28)19-9-7-18(8-10-19)24-13-20(24)14-30(16-24)11-4-12-31-15-21(22(32)29-23(31)33)17-5-2-1-3-6-17/h1-3,5-10,15,20H,4,11-14,16H2,(H,29,32,33)/t20?,24-/m1/s1. The number of rotatable bonds is 6. The van der Waals surface area contributed by atoms with Crippen LogP contribution in [0.2, 0.25) is 0 Å². The zero-order valence-corrected chi connectivity index (χ0v) is 17.9. The molecule has 1 saturated carbocycles. The molecule has 2 heterocycles. The average Bonchev–Trinajstić information content (AvgIpc) is 3.36. The van der Waals surface area contributed by atoms with Crippen molar-refractivity contribution in [1.82, 2.24) is 14.5 Å². The first kappa shape index (κ1) is 21.7. The fourth-order valence-electron chi connectivity index (χ4n) is 5.16. The number of aromatic amines is 1.